The van der Waals surface area contributed by atoms with Gasteiger partial charge in [0.15, 0.2) is 0 Å². The molecule has 4 aromatic rings. The number of aryl methyl sites for hydroxylation is 2. The van der Waals surface area contributed by atoms with E-state index < -0.39 is 0 Å². The van der Waals surface area contributed by atoms with Gasteiger partial charge in [-0.2, -0.15) is 0 Å². The highest BCUT2D eigenvalue weighted by Crippen LogP contribution is 2.30. The molecule has 0 unspecified atom stereocenters. The second kappa shape index (κ2) is 7.81. The van der Waals surface area contributed by atoms with Gasteiger partial charge in [-0.05, 0) is 37.1 Å². The Bertz CT molecular complexity index is 1280. The van der Waals surface area contributed by atoms with Crippen molar-refractivity contribution < 1.29 is 4.79 Å². The number of hydrogen-bond acceptors (Lipinski definition) is 4. The van der Waals surface area contributed by atoms with Gasteiger partial charge in [0.1, 0.15) is 11.4 Å². The normalized spacial score (nSPS) is 11.0. The van der Waals surface area contributed by atoms with Crippen molar-refractivity contribution in [3.8, 4) is 11.1 Å². The Labute approximate surface area is 176 Å². The van der Waals surface area contributed by atoms with E-state index in [2.05, 4.69) is 10.3 Å². The van der Waals surface area contributed by atoms with Crippen LogP contribution in [0.15, 0.2) is 59.0 Å². The maximum absolute atomic E-state index is 13.1. The number of anilines is 1. The van der Waals surface area contributed by atoms with Crippen LogP contribution in [0.3, 0.4) is 0 Å². The zero-order valence-electron chi connectivity index (χ0n) is 15.9. The molecule has 0 aliphatic heterocycles. The smallest absolute Gasteiger partial charge is 0.263 e. The van der Waals surface area contributed by atoms with E-state index in [1.54, 1.807) is 12.1 Å². The molecule has 0 bridgehead atoms. The lowest BCUT2D eigenvalue weighted by atomic mass is 10.1. The van der Waals surface area contributed by atoms with Crippen LogP contribution in [0.5, 0.6) is 0 Å². The van der Waals surface area contributed by atoms with Crippen molar-refractivity contribution in [2.24, 2.45) is 0 Å². The first-order valence-corrected chi connectivity index (χ1v) is 10.3. The molecule has 0 saturated carbocycles. The third kappa shape index (κ3) is 3.95. The number of nitrogens with zero attached hydrogens (tertiary/aromatic N) is 2. The zero-order valence-corrected chi connectivity index (χ0v) is 17.5. The molecule has 2 aromatic heterocycles. The third-order valence-electron chi connectivity index (χ3n) is 4.71. The largest absolute Gasteiger partial charge is 0.324 e. The number of amides is 1. The summed E-state index contributed by atoms with van der Waals surface area (Å²) in [5.41, 5.74) is 4.23. The SMILES string of the molecule is Cc1ccc(-c2csc3ncn(CC(=O)Nc4cc(Cl)ccc4C)c(=O)c23)cc1. The fourth-order valence-corrected chi connectivity index (χ4v) is 4.18. The van der Waals surface area contributed by atoms with E-state index in [4.69, 9.17) is 11.6 Å². The van der Waals surface area contributed by atoms with Crippen molar-refractivity contribution in [2.45, 2.75) is 20.4 Å². The predicted molar refractivity (Wildman–Crippen MR) is 119 cm³/mol. The molecule has 0 aliphatic carbocycles. The van der Waals surface area contributed by atoms with E-state index in [1.807, 2.05) is 49.6 Å². The molecular formula is C22H18ClN3O2S. The highest BCUT2D eigenvalue weighted by Gasteiger charge is 2.15. The molecule has 0 radical (unpaired) electrons. The number of halogens is 1. The topological polar surface area (TPSA) is 64.0 Å². The lowest BCUT2D eigenvalue weighted by molar-refractivity contribution is -0.116. The Balaban J connectivity index is 1.66. The molecule has 146 valence electrons. The summed E-state index contributed by atoms with van der Waals surface area (Å²) in [4.78, 5) is 30.7. The first kappa shape index (κ1) is 19.4. The molecule has 2 heterocycles. The molecule has 0 saturated heterocycles. The van der Waals surface area contributed by atoms with Gasteiger partial charge in [-0.15, -0.1) is 11.3 Å². The number of benzene rings is 2. The number of nitrogens with one attached hydrogen (secondary N) is 1. The minimum absolute atomic E-state index is 0.128. The molecule has 29 heavy (non-hydrogen) atoms. The molecular weight excluding hydrogens is 406 g/mol. The van der Waals surface area contributed by atoms with Crippen molar-refractivity contribution in [1.29, 1.82) is 0 Å². The van der Waals surface area contributed by atoms with Gasteiger partial charge in [0.25, 0.3) is 5.56 Å². The van der Waals surface area contributed by atoms with E-state index >= 15 is 0 Å². The van der Waals surface area contributed by atoms with Gasteiger partial charge in [0, 0.05) is 21.7 Å². The number of aromatic nitrogens is 2. The van der Waals surface area contributed by atoms with Crippen LogP contribution in [0.2, 0.25) is 5.02 Å². The summed E-state index contributed by atoms with van der Waals surface area (Å²) in [5.74, 6) is -0.314. The van der Waals surface area contributed by atoms with Crippen LogP contribution in [0.25, 0.3) is 21.3 Å². The van der Waals surface area contributed by atoms with E-state index in [-0.39, 0.29) is 18.0 Å². The molecule has 0 fully saturated rings. The Morgan fingerprint density at radius 1 is 1.17 bits per heavy atom. The molecule has 1 N–H and O–H groups in total. The van der Waals surface area contributed by atoms with Gasteiger partial charge in [0.05, 0.1) is 11.7 Å². The molecule has 7 heteroatoms. The van der Waals surface area contributed by atoms with Gasteiger partial charge in [-0.1, -0.05) is 47.5 Å². The summed E-state index contributed by atoms with van der Waals surface area (Å²) in [7, 11) is 0. The van der Waals surface area contributed by atoms with Crippen molar-refractivity contribution >= 4 is 44.7 Å². The minimum atomic E-state index is -0.314. The van der Waals surface area contributed by atoms with Crippen molar-refractivity contribution in [1.82, 2.24) is 9.55 Å². The molecule has 0 atom stereocenters. The Morgan fingerprint density at radius 3 is 2.69 bits per heavy atom. The summed E-state index contributed by atoms with van der Waals surface area (Å²) in [5, 5.41) is 5.82. The first-order valence-electron chi connectivity index (χ1n) is 9.02. The Kier molecular flexibility index (Phi) is 5.22. The second-order valence-corrected chi connectivity index (χ2v) is 8.18. The van der Waals surface area contributed by atoms with E-state index in [0.717, 1.165) is 22.3 Å². The standard InChI is InChI=1S/C22H18ClN3O2S/c1-13-3-6-15(7-4-13)17-11-29-21-20(17)22(28)26(12-24-21)10-19(27)25-18-9-16(23)8-5-14(18)2/h3-9,11-12H,10H2,1-2H3,(H,25,27). The second-order valence-electron chi connectivity index (χ2n) is 6.88. The maximum Gasteiger partial charge on any atom is 0.263 e. The molecule has 4 rings (SSSR count). The number of carbonyl (C=O) groups excluding carboxylic acids is 1. The Morgan fingerprint density at radius 2 is 1.93 bits per heavy atom. The summed E-state index contributed by atoms with van der Waals surface area (Å²) < 4.78 is 1.34. The lowest BCUT2D eigenvalue weighted by Gasteiger charge is -2.10. The first-order chi connectivity index (χ1) is 13.9. The summed E-state index contributed by atoms with van der Waals surface area (Å²) in [6.45, 7) is 3.77. The predicted octanol–water partition coefficient (Wildman–Crippen LogP) is 5.03. The van der Waals surface area contributed by atoms with Crippen molar-refractivity contribution in [3.05, 3.63) is 80.7 Å². The molecule has 1 amide bonds. The van der Waals surface area contributed by atoms with Crippen molar-refractivity contribution in [2.75, 3.05) is 5.32 Å². The lowest BCUT2D eigenvalue weighted by Crippen LogP contribution is -2.28. The van der Waals surface area contributed by atoms with Crippen LogP contribution in [-0.4, -0.2) is 15.5 Å². The number of carbonyl (C=O) groups is 1. The van der Waals surface area contributed by atoms with Crippen LogP contribution in [0, 0.1) is 13.8 Å². The fourth-order valence-electron chi connectivity index (χ4n) is 3.10. The van der Waals surface area contributed by atoms with Crippen LogP contribution in [-0.2, 0) is 11.3 Å². The Hall–Kier alpha value is -2.96. The van der Waals surface area contributed by atoms with Gasteiger partial charge in [-0.25, -0.2) is 4.98 Å². The summed E-state index contributed by atoms with van der Waals surface area (Å²) in [6, 6.07) is 13.3. The van der Waals surface area contributed by atoms with Crippen LogP contribution in [0.1, 0.15) is 11.1 Å². The van der Waals surface area contributed by atoms with Gasteiger partial charge in [-0.3, -0.25) is 14.2 Å². The van der Waals surface area contributed by atoms with Crippen LogP contribution in [0.4, 0.5) is 5.69 Å². The van der Waals surface area contributed by atoms with Gasteiger partial charge >= 0.3 is 0 Å². The minimum Gasteiger partial charge on any atom is -0.324 e. The average molecular weight is 424 g/mol. The number of thiophene rings is 1. The summed E-state index contributed by atoms with van der Waals surface area (Å²) in [6.07, 6.45) is 1.42. The van der Waals surface area contributed by atoms with Gasteiger partial charge < -0.3 is 5.32 Å². The quantitative estimate of drug-likeness (QED) is 0.500. The number of fused-ring (bicyclic) bond motifs is 1. The average Bonchev–Trinajstić information content (AvgIpc) is 3.12. The van der Waals surface area contributed by atoms with E-state index in [9.17, 15) is 9.59 Å². The molecule has 0 aliphatic rings. The summed E-state index contributed by atoms with van der Waals surface area (Å²) >= 11 is 7.43. The maximum atomic E-state index is 13.1. The third-order valence-corrected chi connectivity index (χ3v) is 5.83. The van der Waals surface area contributed by atoms with Crippen LogP contribution >= 0.6 is 22.9 Å². The van der Waals surface area contributed by atoms with Crippen LogP contribution < -0.4 is 10.9 Å². The highest BCUT2D eigenvalue weighted by molar-refractivity contribution is 7.17. The number of hydrogen-bond donors (Lipinski definition) is 1. The van der Waals surface area contributed by atoms with Crippen molar-refractivity contribution in [3.63, 3.8) is 0 Å². The monoisotopic (exact) mass is 423 g/mol. The highest BCUT2D eigenvalue weighted by atomic mass is 35.5. The fraction of sp³-hybridized carbons (Fsp3) is 0.136. The number of rotatable bonds is 4. The molecule has 5 nitrogen and oxygen atoms in total. The molecule has 0 spiro atoms. The van der Waals surface area contributed by atoms with E-state index in [1.165, 1.54) is 22.2 Å². The van der Waals surface area contributed by atoms with Gasteiger partial charge in [0.2, 0.25) is 5.91 Å². The zero-order chi connectivity index (χ0) is 20.5. The molecule has 2 aromatic carbocycles. The van der Waals surface area contributed by atoms with E-state index in [0.29, 0.717) is 20.9 Å².